The molecule has 7 heteroatoms. The summed E-state index contributed by atoms with van der Waals surface area (Å²) in [6.45, 7) is 4.73. The van der Waals surface area contributed by atoms with Crippen molar-refractivity contribution in [2.24, 2.45) is 5.41 Å². The van der Waals surface area contributed by atoms with Crippen molar-refractivity contribution in [1.82, 2.24) is 14.9 Å². The van der Waals surface area contributed by atoms with E-state index in [0.717, 1.165) is 60.8 Å². The van der Waals surface area contributed by atoms with Crippen LogP contribution in [0.2, 0.25) is 0 Å². The number of aliphatic hydroxyl groups excluding tert-OH is 1. The number of aryl methyl sites for hydroxylation is 1. The molecule has 1 spiro atoms. The van der Waals surface area contributed by atoms with Gasteiger partial charge in [-0.05, 0) is 37.6 Å². The van der Waals surface area contributed by atoms with E-state index in [1.54, 1.807) is 11.3 Å². The standard InChI is InChI=1S/C17H22N4O2S/c1-12-18-14(13-3-10-24-15(13)19-12)21-7-5-17(11-21)4-2-6-20(8-9-22)16(17)23/h3,10,22H,2,4-9,11H2,1H3/t17-/m1/s1. The SMILES string of the molecule is Cc1nc(N2CC[C@]3(CCCN(CCO)C3=O)C2)c2ccsc2n1. The van der Waals surface area contributed by atoms with Crippen LogP contribution >= 0.6 is 11.3 Å². The molecule has 4 heterocycles. The van der Waals surface area contributed by atoms with E-state index in [1.807, 2.05) is 17.2 Å². The van der Waals surface area contributed by atoms with Gasteiger partial charge in [0.25, 0.3) is 0 Å². The second kappa shape index (κ2) is 5.97. The van der Waals surface area contributed by atoms with E-state index in [1.165, 1.54) is 0 Å². The van der Waals surface area contributed by atoms with Gasteiger partial charge in [-0.15, -0.1) is 11.3 Å². The average Bonchev–Trinajstić information content (AvgIpc) is 3.19. The molecule has 1 atom stereocenters. The molecule has 0 aromatic carbocycles. The zero-order chi connectivity index (χ0) is 16.7. The van der Waals surface area contributed by atoms with E-state index in [0.29, 0.717) is 6.54 Å². The third-order valence-electron chi connectivity index (χ3n) is 5.26. The maximum Gasteiger partial charge on any atom is 0.230 e. The lowest BCUT2D eigenvalue weighted by molar-refractivity contribution is -0.145. The number of hydrogen-bond donors (Lipinski definition) is 1. The van der Waals surface area contributed by atoms with Crippen molar-refractivity contribution in [3.05, 3.63) is 17.3 Å². The van der Waals surface area contributed by atoms with Crippen LogP contribution in [0.4, 0.5) is 5.82 Å². The van der Waals surface area contributed by atoms with Gasteiger partial charge in [0.05, 0.1) is 17.4 Å². The van der Waals surface area contributed by atoms with Crippen molar-refractivity contribution in [3.63, 3.8) is 0 Å². The molecule has 1 amide bonds. The summed E-state index contributed by atoms with van der Waals surface area (Å²) in [6.07, 6.45) is 2.81. The van der Waals surface area contributed by atoms with E-state index in [2.05, 4.69) is 20.9 Å². The first-order valence-corrected chi connectivity index (χ1v) is 9.38. The molecule has 1 N–H and O–H groups in total. The van der Waals surface area contributed by atoms with Gasteiger partial charge in [-0.25, -0.2) is 9.97 Å². The first-order valence-electron chi connectivity index (χ1n) is 8.50. The number of nitrogens with zero attached hydrogens (tertiary/aromatic N) is 4. The molecule has 4 rings (SSSR count). The van der Waals surface area contributed by atoms with Crippen molar-refractivity contribution in [2.45, 2.75) is 26.2 Å². The Kier molecular flexibility index (Phi) is 3.92. The molecule has 2 saturated heterocycles. The molecule has 0 saturated carbocycles. The molecule has 2 aromatic rings. The van der Waals surface area contributed by atoms with E-state index in [4.69, 9.17) is 0 Å². The molecule has 6 nitrogen and oxygen atoms in total. The lowest BCUT2D eigenvalue weighted by Crippen LogP contribution is -2.50. The zero-order valence-electron chi connectivity index (χ0n) is 13.9. The summed E-state index contributed by atoms with van der Waals surface area (Å²) < 4.78 is 0. The smallest absolute Gasteiger partial charge is 0.230 e. The molecule has 2 aromatic heterocycles. The fourth-order valence-corrected chi connectivity index (χ4v) is 4.91. The maximum absolute atomic E-state index is 13.0. The monoisotopic (exact) mass is 346 g/mol. The number of aromatic nitrogens is 2. The van der Waals surface area contributed by atoms with Crippen LogP contribution in [-0.2, 0) is 4.79 Å². The number of fused-ring (bicyclic) bond motifs is 1. The highest BCUT2D eigenvalue weighted by Gasteiger charge is 2.48. The van der Waals surface area contributed by atoms with E-state index >= 15 is 0 Å². The molecule has 128 valence electrons. The summed E-state index contributed by atoms with van der Waals surface area (Å²) in [5.41, 5.74) is -0.311. The number of hydrogen-bond acceptors (Lipinski definition) is 6. The lowest BCUT2D eigenvalue weighted by Gasteiger charge is -2.39. The van der Waals surface area contributed by atoms with Crippen molar-refractivity contribution < 1.29 is 9.90 Å². The molecule has 0 radical (unpaired) electrons. The van der Waals surface area contributed by atoms with Crippen LogP contribution in [-0.4, -0.2) is 58.7 Å². The van der Waals surface area contributed by atoms with Crippen LogP contribution < -0.4 is 4.90 Å². The number of likely N-dealkylation sites (tertiary alicyclic amines) is 1. The number of anilines is 1. The summed E-state index contributed by atoms with van der Waals surface area (Å²) in [4.78, 5) is 27.2. The Labute approximate surface area is 145 Å². The number of thiophene rings is 1. The summed E-state index contributed by atoms with van der Waals surface area (Å²) in [5, 5.41) is 12.3. The van der Waals surface area contributed by atoms with Crippen LogP contribution in [0.25, 0.3) is 10.2 Å². The third kappa shape index (κ3) is 2.46. The quantitative estimate of drug-likeness (QED) is 0.918. The van der Waals surface area contributed by atoms with Gasteiger partial charge in [0.1, 0.15) is 16.5 Å². The molecule has 0 unspecified atom stereocenters. The highest BCUT2D eigenvalue weighted by Crippen LogP contribution is 2.42. The Morgan fingerprint density at radius 2 is 2.21 bits per heavy atom. The second-order valence-electron chi connectivity index (χ2n) is 6.81. The minimum atomic E-state index is -0.311. The van der Waals surface area contributed by atoms with Crippen LogP contribution in [0.5, 0.6) is 0 Å². The van der Waals surface area contributed by atoms with Gasteiger partial charge < -0.3 is 14.9 Å². The van der Waals surface area contributed by atoms with Crippen LogP contribution in [0.15, 0.2) is 11.4 Å². The van der Waals surface area contributed by atoms with Crippen LogP contribution in [0.3, 0.4) is 0 Å². The Morgan fingerprint density at radius 3 is 3.04 bits per heavy atom. The van der Waals surface area contributed by atoms with Gasteiger partial charge in [0, 0.05) is 26.2 Å². The Hall–Kier alpha value is -1.73. The number of piperidine rings is 1. The molecule has 24 heavy (non-hydrogen) atoms. The van der Waals surface area contributed by atoms with Crippen molar-refractivity contribution in [1.29, 1.82) is 0 Å². The molecule has 0 aliphatic carbocycles. The summed E-state index contributed by atoms with van der Waals surface area (Å²) in [7, 11) is 0. The van der Waals surface area contributed by atoms with Gasteiger partial charge in [0.15, 0.2) is 0 Å². The predicted octanol–water partition coefficient (Wildman–Crippen LogP) is 1.81. The number of rotatable bonds is 3. The highest BCUT2D eigenvalue weighted by molar-refractivity contribution is 7.16. The highest BCUT2D eigenvalue weighted by atomic mass is 32.1. The van der Waals surface area contributed by atoms with Gasteiger partial charge in [-0.1, -0.05) is 0 Å². The summed E-state index contributed by atoms with van der Waals surface area (Å²) in [6, 6.07) is 2.07. The number of carbonyl (C=O) groups excluding carboxylic acids is 1. The molecule has 2 aliphatic heterocycles. The summed E-state index contributed by atoms with van der Waals surface area (Å²) >= 11 is 1.63. The number of β-amino-alcohol motifs (C(OH)–C–C–N with tert-alkyl or cyclic N) is 1. The molecule has 0 bridgehead atoms. The van der Waals surface area contributed by atoms with Gasteiger partial charge in [-0.2, -0.15) is 0 Å². The number of aliphatic hydroxyl groups is 1. The Bertz CT molecular complexity index is 775. The lowest BCUT2D eigenvalue weighted by atomic mass is 9.78. The van der Waals surface area contributed by atoms with Gasteiger partial charge in [0.2, 0.25) is 5.91 Å². The Balaban J connectivity index is 1.64. The summed E-state index contributed by atoms with van der Waals surface area (Å²) in [5.74, 6) is 1.94. The third-order valence-corrected chi connectivity index (χ3v) is 6.07. The molecule has 2 fully saturated rings. The van der Waals surface area contributed by atoms with Crippen LogP contribution in [0.1, 0.15) is 25.1 Å². The second-order valence-corrected chi connectivity index (χ2v) is 7.70. The number of carbonyl (C=O) groups is 1. The van der Waals surface area contributed by atoms with Crippen molar-refractivity contribution >= 4 is 33.3 Å². The molecule has 2 aliphatic rings. The maximum atomic E-state index is 13.0. The van der Waals surface area contributed by atoms with Crippen LogP contribution in [0, 0.1) is 12.3 Å². The van der Waals surface area contributed by atoms with Crippen molar-refractivity contribution in [3.8, 4) is 0 Å². The minimum absolute atomic E-state index is 0.0339. The van der Waals surface area contributed by atoms with Gasteiger partial charge in [-0.3, -0.25) is 4.79 Å². The molecular weight excluding hydrogens is 324 g/mol. The van der Waals surface area contributed by atoms with E-state index in [-0.39, 0.29) is 17.9 Å². The predicted molar refractivity (Wildman–Crippen MR) is 94.3 cm³/mol. The fourth-order valence-electron chi connectivity index (χ4n) is 4.10. The first-order chi connectivity index (χ1) is 11.6. The van der Waals surface area contributed by atoms with Crippen molar-refractivity contribution in [2.75, 3.05) is 37.7 Å². The number of amides is 1. The van der Waals surface area contributed by atoms with E-state index in [9.17, 15) is 9.90 Å². The normalized spacial score (nSPS) is 24.5. The fraction of sp³-hybridized carbons (Fsp3) is 0.588. The van der Waals surface area contributed by atoms with Gasteiger partial charge >= 0.3 is 0 Å². The molecular formula is C17H22N4O2S. The topological polar surface area (TPSA) is 69.6 Å². The average molecular weight is 346 g/mol. The van der Waals surface area contributed by atoms with E-state index < -0.39 is 0 Å². The first kappa shape index (κ1) is 15.8. The Morgan fingerprint density at radius 1 is 1.33 bits per heavy atom. The largest absolute Gasteiger partial charge is 0.395 e. The minimum Gasteiger partial charge on any atom is -0.395 e. The zero-order valence-corrected chi connectivity index (χ0v) is 14.7.